The van der Waals surface area contributed by atoms with E-state index < -0.39 is 0 Å². The standard InChI is InChI=1S/C8H15N3OS/c1-6-5-13-8(11-6)10-4-3-9-7(2)12/h6H,3-5H2,1-2H3,(H,9,12)(H,10,11). The molecular weight excluding hydrogens is 186 g/mol. The van der Waals surface area contributed by atoms with Crippen LogP contribution < -0.4 is 10.6 Å². The van der Waals surface area contributed by atoms with Crippen molar-refractivity contribution in [2.75, 3.05) is 18.8 Å². The maximum atomic E-state index is 10.5. The zero-order valence-electron chi connectivity index (χ0n) is 7.96. The van der Waals surface area contributed by atoms with Crippen LogP contribution in [0.15, 0.2) is 4.99 Å². The van der Waals surface area contributed by atoms with Gasteiger partial charge in [0.1, 0.15) is 0 Å². The van der Waals surface area contributed by atoms with Crippen molar-refractivity contribution in [2.24, 2.45) is 4.99 Å². The highest BCUT2D eigenvalue weighted by molar-refractivity contribution is 8.14. The SMILES string of the molecule is CC(=O)NCCN=C1NC(C)CS1. The summed E-state index contributed by atoms with van der Waals surface area (Å²) >= 11 is 1.74. The van der Waals surface area contributed by atoms with Crippen LogP contribution in [0.25, 0.3) is 0 Å². The van der Waals surface area contributed by atoms with Gasteiger partial charge in [-0.3, -0.25) is 9.79 Å². The molecule has 1 rings (SSSR count). The predicted molar refractivity (Wildman–Crippen MR) is 56.0 cm³/mol. The summed E-state index contributed by atoms with van der Waals surface area (Å²) in [6.07, 6.45) is 0. The minimum Gasteiger partial charge on any atom is -0.362 e. The molecule has 0 aliphatic carbocycles. The Hall–Kier alpha value is -0.710. The zero-order valence-corrected chi connectivity index (χ0v) is 8.78. The molecule has 0 bridgehead atoms. The van der Waals surface area contributed by atoms with Crippen molar-refractivity contribution in [2.45, 2.75) is 19.9 Å². The molecule has 0 aromatic rings. The Balaban J connectivity index is 2.13. The van der Waals surface area contributed by atoms with E-state index in [9.17, 15) is 4.79 Å². The molecule has 5 heteroatoms. The Labute approximate surface area is 82.6 Å². The average Bonchev–Trinajstić information content (AvgIpc) is 2.45. The lowest BCUT2D eigenvalue weighted by atomic mass is 10.4. The third kappa shape index (κ3) is 4.17. The monoisotopic (exact) mass is 201 g/mol. The summed E-state index contributed by atoms with van der Waals surface area (Å²) in [4.78, 5) is 14.8. The topological polar surface area (TPSA) is 53.5 Å². The molecule has 1 aliphatic heterocycles. The largest absolute Gasteiger partial charge is 0.362 e. The van der Waals surface area contributed by atoms with Crippen LogP contribution in [0.1, 0.15) is 13.8 Å². The zero-order chi connectivity index (χ0) is 9.68. The summed E-state index contributed by atoms with van der Waals surface area (Å²) in [6, 6.07) is 0.518. The first-order chi connectivity index (χ1) is 6.18. The van der Waals surface area contributed by atoms with Gasteiger partial charge in [-0.25, -0.2) is 0 Å². The van der Waals surface area contributed by atoms with Gasteiger partial charge in [0.15, 0.2) is 5.17 Å². The fourth-order valence-electron chi connectivity index (χ4n) is 0.979. The number of thioether (sulfide) groups is 1. The first-order valence-corrected chi connectivity index (χ1v) is 5.35. The maximum absolute atomic E-state index is 10.5. The molecule has 1 saturated heterocycles. The van der Waals surface area contributed by atoms with Crippen molar-refractivity contribution < 1.29 is 4.79 Å². The number of carbonyl (C=O) groups is 1. The molecule has 1 amide bonds. The Morgan fingerprint density at radius 1 is 1.85 bits per heavy atom. The van der Waals surface area contributed by atoms with Crippen LogP contribution in [-0.2, 0) is 4.79 Å². The highest BCUT2D eigenvalue weighted by atomic mass is 32.2. The van der Waals surface area contributed by atoms with E-state index in [0.29, 0.717) is 19.1 Å². The maximum Gasteiger partial charge on any atom is 0.216 e. The predicted octanol–water partition coefficient (Wildman–Crippen LogP) is 0.203. The van der Waals surface area contributed by atoms with Gasteiger partial charge < -0.3 is 10.6 Å². The molecule has 4 nitrogen and oxygen atoms in total. The number of nitrogens with one attached hydrogen (secondary N) is 2. The fourth-order valence-corrected chi connectivity index (χ4v) is 1.94. The Kier molecular flexibility index (Phi) is 4.08. The van der Waals surface area contributed by atoms with Crippen molar-refractivity contribution >= 4 is 22.8 Å². The minimum absolute atomic E-state index is 0.000558. The van der Waals surface area contributed by atoms with Gasteiger partial charge in [0, 0.05) is 25.3 Å². The number of nitrogens with zero attached hydrogens (tertiary/aromatic N) is 1. The van der Waals surface area contributed by atoms with Crippen molar-refractivity contribution in [1.29, 1.82) is 0 Å². The van der Waals surface area contributed by atoms with Crippen LogP contribution in [0, 0.1) is 0 Å². The highest BCUT2D eigenvalue weighted by Crippen LogP contribution is 2.12. The lowest BCUT2D eigenvalue weighted by Gasteiger charge is -2.01. The average molecular weight is 201 g/mol. The second kappa shape index (κ2) is 5.11. The molecule has 0 saturated carbocycles. The number of carbonyl (C=O) groups excluding carboxylic acids is 1. The Morgan fingerprint density at radius 2 is 2.62 bits per heavy atom. The Morgan fingerprint density at radius 3 is 3.15 bits per heavy atom. The molecule has 2 N–H and O–H groups in total. The minimum atomic E-state index is 0.000558. The normalized spacial score (nSPS) is 24.5. The van der Waals surface area contributed by atoms with Crippen LogP contribution >= 0.6 is 11.8 Å². The van der Waals surface area contributed by atoms with E-state index in [4.69, 9.17) is 0 Å². The van der Waals surface area contributed by atoms with Crippen molar-refractivity contribution in [3.8, 4) is 0 Å². The van der Waals surface area contributed by atoms with Crippen molar-refractivity contribution in [3.05, 3.63) is 0 Å². The number of rotatable bonds is 3. The molecule has 0 aromatic carbocycles. The molecule has 1 fully saturated rings. The quantitative estimate of drug-likeness (QED) is 0.642. The molecule has 0 spiro atoms. The molecule has 1 aliphatic rings. The lowest BCUT2D eigenvalue weighted by molar-refractivity contribution is -0.118. The first kappa shape index (κ1) is 10.4. The Bertz CT molecular complexity index is 217. The molecular formula is C8H15N3OS. The number of amidine groups is 1. The van der Waals surface area contributed by atoms with Gasteiger partial charge in [-0.15, -0.1) is 0 Å². The van der Waals surface area contributed by atoms with Crippen LogP contribution in [-0.4, -0.2) is 36.0 Å². The number of hydrogen-bond acceptors (Lipinski definition) is 3. The molecule has 1 atom stereocenters. The van der Waals surface area contributed by atoms with E-state index in [-0.39, 0.29) is 5.91 Å². The van der Waals surface area contributed by atoms with Gasteiger partial charge in [-0.1, -0.05) is 11.8 Å². The summed E-state index contributed by atoms with van der Waals surface area (Å²) in [7, 11) is 0. The molecule has 0 radical (unpaired) electrons. The smallest absolute Gasteiger partial charge is 0.216 e. The van der Waals surface area contributed by atoms with Gasteiger partial charge in [0.2, 0.25) is 5.91 Å². The lowest BCUT2D eigenvalue weighted by Crippen LogP contribution is -2.26. The van der Waals surface area contributed by atoms with Crippen LogP contribution in [0.4, 0.5) is 0 Å². The molecule has 0 aromatic heterocycles. The van der Waals surface area contributed by atoms with E-state index in [0.717, 1.165) is 10.9 Å². The fraction of sp³-hybridized carbons (Fsp3) is 0.750. The van der Waals surface area contributed by atoms with Crippen LogP contribution in [0.3, 0.4) is 0 Å². The van der Waals surface area contributed by atoms with Gasteiger partial charge in [0.25, 0.3) is 0 Å². The second-order valence-corrected chi connectivity index (χ2v) is 4.03. The highest BCUT2D eigenvalue weighted by Gasteiger charge is 2.14. The van der Waals surface area contributed by atoms with E-state index in [1.54, 1.807) is 11.8 Å². The number of hydrogen-bond donors (Lipinski definition) is 2. The first-order valence-electron chi connectivity index (χ1n) is 4.36. The van der Waals surface area contributed by atoms with E-state index in [1.165, 1.54) is 6.92 Å². The van der Waals surface area contributed by atoms with Gasteiger partial charge in [0.05, 0.1) is 6.54 Å². The van der Waals surface area contributed by atoms with Gasteiger partial charge in [-0.05, 0) is 6.92 Å². The summed E-state index contributed by atoms with van der Waals surface area (Å²) < 4.78 is 0. The van der Waals surface area contributed by atoms with E-state index in [1.807, 2.05) is 0 Å². The molecule has 13 heavy (non-hydrogen) atoms. The third-order valence-corrected chi connectivity index (χ3v) is 2.77. The summed E-state index contributed by atoms with van der Waals surface area (Å²) in [6.45, 7) is 4.91. The van der Waals surface area contributed by atoms with Gasteiger partial charge in [-0.2, -0.15) is 0 Å². The van der Waals surface area contributed by atoms with E-state index in [2.05, 4.69) is 22.5 Å². The van der Waals surface area contributed by atoms with Gasteiger partial charge >= 0.3 is 0 Å². The second-order valence-electron chi connectivity index (χ2n) is 3.03. The van der Waals surface area contributed by atoms with Crippen LogP contribution in [0.5, 0.6) is 0 Å². The summed E-state index contributed by atoms with van der Waals surface area (Å²) in [5, 5.41) is 6.94. The van der Waals surface area contributed by atoms with Crippen molar-refractivity contribution in [1.82, 2.24) is 10.6 Å². The molecule has 1 heterocycles. The number of amides is 1. The van der Waals surface area contributed by atoms with E-state index >= 15 is 0 Å². The molecule has 1 unspecified atom stereocenters. The number of aliphatic imine (C=N–C) groups is 1. The van der Waals surface area contributed by atoms with Crippen molar-refractivity contribution in [3.63, 3.8) is 0 Å². The molecule has 74 valence electrons. The third-order valence-electron chi connectivity index (χ3n) is 1.58. The van der Waals surface area contributed by atoms with Crippen LogP contribution in [0.2, 0.25) is 0 Å². The summed E-state index contributed by atoms with van der Waals surface area (Å²) in [5.41, 5.74) is 0. The summed E-state index contributed by atoms with van der Waals surface area (Å²) in [5.74, 6) is 1.08.